The number of ether oxygens (including phenoxy) is 2. The van der Waals surface area contributed by atoms with E-state index >= 15 is 0 Å². The summed E-state index contributed by atoms with van der Waals surface area (Å²) in [7, 11) is 1.59. The summed E-state index contributed by atoms with van der Waals surface area (Å²) < 4.78 is 16.2. The lowest BCUT2D eigenvalue weighted by Crippen LogP contribution is -2.07. The van der Waals surface area contributed by atoms with Crippen LogP contribution in [0.5, 0.6) is 11.5 Å². The number of hydrogen-bond donors (Lipinski definition) is 0. The Labute approximate surface area is 138 Å². The van der Waals surface area contributed by atoms with Gasteiger partial charge in [0.2, 0.25) is 5.43 Å². The molecule has 0 saturated heterocycles. The first-order valence-corrected chi connectivity index (χ1v) is 7.35. The minimum atomic E-state index is -0.106. The molecule has 5 heteroatoms. The van der Waals surface area contributed by atoms with Crippen molar-refractivity contribution < 1.29 is 13.9 Å². The first-order chi connectivity index (χ1) is 11.6. The first kappa shape index (κ1) is 15.6. The van der Waals surface area contributed by atoms with Crippen molar-refractivity contribution in [2.45, 2.75) is 6.92 Å². The van der Waals surface area contributed by atoms with Gasteiger partial charge in [-0.2, -0.15) is 5.26 Å². The van der Waals surface area contributed by atoms with Gasteiger partial charge in [0.1, 0.15) is 28.9 Å². The fourth-order valence-electron chi connectivity index (χ4n) is 2.58. The van der Waals surface area contributed by atoms with E-state index in [0.717, 1.165) is 11.3 Å². The third-order valence-electron chi connectivity index (χ3n) is 3.72. The highest BCUT2D eigenvalue weighted by Crippen LogP contribution is 2.27. The topological polar surface area (TPSA) is 72.5 Å². The number of benzene rings is 2. The second-order valence-electron chi connectivity index (χ2n) is 5.20. The Morgan fingerprint density at radius 3 is 2.50 bits per heavy atom. The van der Waals surface area contributed by atoms with E-state index < -0.39 is 0 Å². The number of nitrogens with zero attached hydrogens (tertiary/aromatic N) is 1. The first-order valence-electron chi connectivity index (χ1n) is 7.35. The van der Waals surface area contributed by atoms with E-state index in [0.29, 0.717) is 28.0 Å². The molecule has 0 amide bonds. The SMILES string of the molecule is COc1ccc(-c2c(C)oc3cc(OCC#N)ccc3c2=O)cc1. The van der Waals surface area contributed by atoms with Gasteiger partial charge in [-0.3, -0.25) is 4.79 Å². The number of nitriles is 1. The largest absolute Gasteiger partial charge is 0.497 e. The highest BCUT2D eigenvalue weighted by atomic mass is 16.5. The Balaban J connectivity index is 2.13. The van der Waals surface area contributed by atoms with Crippen LogP contribution in [0, 0.1) is 18.3 Å². The van der Waals surface area contributed by atoms with Crippen molar-refractivity contribution in [2.75, 3.05) is 13.7 Å². The molecule has 3 aromatic rings. The molecule has 0 spiro atoms. The summed E-state index contributed by atoms with van der Waals surface area (Å²) in [5.41, 5.74) is 1.63. The lowest BCUT2D eigenvalue weighted by atomic mass is 10.0. The van der Waals surface area contributed by atoms with Gasteiger partial charge in [-0.15, -0.1) is 0 Å². The molecule has 3 rings (SSSR count). The van der Waals surface area contributed by atoms with Crippen LogP contribution in [-0.2, 0) is 0 Å². The zero-order valence-corrected chi connectivity index (χ0v) is 13.3. The van der Waals surface area contributed by atoms with Crippen molar-refractivity contribution in [2.24, 2.45) is 0 Å². The molecule has 5 nitrogen and oxygen atoms in total. The van der Waals surface area contributed by atoms with Crippen molar-refractivity contribution in [3.8, 4) is 28.7 Å². The maximum absolute atomic E-state index is 12.8. The third kappa shape index (κ3) is 2.82. The van der Waals surface area contributed by atoms with Gasteiger partial charge >= 0.3 is 0 Å². The predicted molar refractivity (Wildman–Crippen MR) is 90.3 cm³/mol. The standard InChI is InChI=1S/C19H15NO4/c1-12-18(13-3-5-14(22-2)6-4-13)19(21)16-8-7-15(23-10-9-20)11-17(16)24-12/h3-8,11H,10H2,1-2H3. The lowest BCUT2D eigenvalue weighted by Gasteiger charge is -2.09. The molecule has 0 aliphatic carbocycles. The predicted octanol–water partition coefficient (Wildman–Crippen LogP) is 3.68. The molecule has 0 bridgehead atoms. The van der Waals surface area contributed by atoms with Crippen LogP contribution in [0.25, 0.3) is 22.1 Å². The number of fused-ring (bicyclic) bond motifs is 1. The van der Waals surface area contributed by atoms with Gasteiger partial charge in [-0.05, 0) is 36.8 Å². The number of methoxy groups -OCH3 is 1. The van der Waals surface area contributed by atoms with Crippen LogP contribution >= 0.6 is 0 Å². The van der Waals surface area contributed by atoms with E-state index in [2.05, 4.69) is 0 Å². The molecular weight excluding hydrogens is 306 g/mol. The van der Waals surface area contributed by atoms with Crippen LogP contribution in [0.3, 0.4) is 0 Å². The van der Waals surface area contributed by atoms with Gasteiger partial charge in [0, 0.05) is 6.07 Å². The van der Waals surface area contributed by atoms with Crippen molar-refractivity contribution in [1.82, 2.24) is 0 Å². The van der Waals surface area contributed by atoms with Crippen LogP contribution in [0.1, 0.15) is 5.76 Å². The lowest BCUT2D eigenvalue weighted by molar-refractivity contribution is 0.368. The van der Waals surface area contributed by atoms with Gasteiger partial charge in [0.25, 0.3) is 0 Å². The van der Waals surface area contributed by atoms with E-state index in [1.165, 1.54) is 0 Å². The van der Waals surface area contributed by atoms with Crippen LogP contribution in [0.4, 0.5) is 0 Å². The molecule has 0 radical (unpaired) electrons. The molecule has 0 fully saturated rings. The van der Waals surface area contributed by atoms with E-state index in [-0.39, 0.29) is 12.0 Å². The Bertz CT molecular complexity index is 981. The molecular formula is C19H15NO4. The Kier molecular flexibility index (Phi) is 4.21. The summed E-state index contributed by atoms with van der Waals surface area (Å²) in [5.74, 6) is 1.74. The molecule has 24 heavy (non-hydrogen) atoms. The fraction of sp³-hybridized carbons (Fsp3) is 0.158. The number of aryl methyl sites for hydroxylation is 1. The zero-order valence-electron chi connectivity index (χ0n) is 13.3. The van der Waals surface area contributed by atoms with Crippen LogP contribution < -0.4 is 14.9 Å². The molecule has 0 unspecified atom stereocenters. The average molecular weight is 321 g/mol. The van der Waals surface area contributed by atoms with Gasteiger partial charge in [-0.25, -0.2) is 0 Å². The minimum absolute atomic E-state index is 0.0569. The Morgan fingerprint density at radius 2 is 1.83 bits per heavy atom. The smallest absolute Gasteiger partial charge is 0.200 e. The summed E-state index contributed by atoms with van der Waals surface area (Å²) in [5, 5.41) is 9.04. The molecule has 0 atom stereocenters. The Morgan fingerprint density at radius 1 is 1.12 bits per heavy atom. The maximum atomic E-state index is 12.8. The number of hydrogen-bond acceptors (Lipinski definition) is 5. The summed E-state index contributed by atoms with van der Waals surface area (Å²) in [6.07, 6.45) is 0. The van der Waals surface area contributed by atoms with Gasteiger partial charge in [0.05, 0.1) is 18.1 Å². The van der Waals surface area contributed by atoms with Crippen molar-refractivity contribution in [3.63, 3.8) is 0 Å². The minimum Gasteiger partial charge on any atom is -0.497 e. The van der Waals surface area contributed by atoms with E-state index in [1.54, 1.807) is 44.4 Å². The molecule has 0 aliphatic heterocycles. The molecule has 2 aromatic carbocycles. The molecule has 1 heterocycles. The van der Waals surface area contributed by atoms with Crippen molar-refractivity contribution >= 4 is 11.0 Å². The highest BCUT2D eigenvalue weighted by Gasteiger charge is 2.14. The average Bonchev–Trinajstić information content (AvgIpc) is 2.60. The molecule has 120 valence electrons. The van der Waals surface area contributed by atoms with Crippen molar-refractivity contribution in [3.05, 3.63) is 58.4 Å². The fourth-order valence-corrected chi connectivity index (χ4v) is 2.58. The second kappa shape index (κ2) is 6.47. The summed E-state index contributed by atoms with van der Waals surface area (Å²) >= 11 is 0. The van der Waals surface area contributed by atoms with Crippen molar-refractivity contribution in [1.29, 1.82) is 5.26 Å². The zero-order chi connectivity index (χ0) is 17.1. The summed E-state index contributed by atoms with van der Waals surface area (Å²) in [6, 6.07) is 14.1. The third-order valence-corrected chi connectivity index (χ3v) is 3.72. The molecule has 0 saturated carbocycles. The molecule has 1 aromatic heterocycles. The monoisotopic (exact) mass is 321 g/mol. The van der Waals surface area contributed by atoms with Crippen LogP contribution in [0.15, 0.2) is 51.7 Å². The van der Waals surface area contributed by atoms with Crippen LogP contribution in [0.2, 0.25) is 0 Å². The Hall–Kier alpha value is -3.26. The van der Waals surface area contributed by atoms with Gasteiger partial charge in [-0.1, -0.05) is 12.1 Å². The maximum Gasteiger partial charge on any atom is 0.200 e. The van der Waals surface area contributed by atoms with Gasteiger partial charge < -0.3 is 13.9 Å². The van der Waals surface area contributed by atoms with E-state index in [4.69, 9.17) is 19.2 Å². The normalized spacial score (nSPS) is 10.4. The summed E-state index contributed by atoms with van der Waals surface area (Å²) in [4.78, 5) is 12.8. The van der Waals surface area contributed by atoms with E-state index in [9.17, 15) is 4.79 Å². The molecule has 0 N–H and O–H groups in total. The molecule has 0 aliphatic rings. The highest BCUT2D eigenvalue weighted by molar-refractivity contribution is 5.83. The quantitative estimate of drug-likeness (QED) is 0.733. The van der Waals surface area contributed by atoms with Crippen LogP contribution in [-0.4, -0.2) is 13.7 Å². The van der Waals surface area contributed by atoms with Gasteiger partial charge in [0.15, 0.2) is 6.61 Å². The summed E-state index contributed by atoms with van der Waals surface area (Å²) in [6.45, 7) is 1.70. The van der Waals surface area contributed by atoms with E-state index in [1.807, 2.05) is 18.2 Å². The number of rotatable bonds is 4. The second-order valence-corrected chi connectivity index (χ2v) is 5.20.